The van der Waals surface area contributed by atoms with Crippen LogP contribution in [0.2, 0.25) is 0 Å². The predicted molar refractivity (Wildman–Crippen MR) is 67.9 cm³/mol. The SMILES string of the molecule is CC(NCC(=O)OC(C)(C)C)c1ccc(C(=O)O)o1. The summed E-state index contributed by atoms with van der Waals surface area (Å²) in [6.45, 7) is 7.18. The highest BCUT2D eigenvalue weighted by molar-refractivity contribution is 5.84. The molecule has 0 aliphatic heterocycles. The number of rotatable bonds is 5. The quantitative estimate of drug-likeness (QED) is 0.794. The molecule has 1 rings (SSSR count). The second-order valence-electron chi connectivity index (χ2n) is 5.20. The zero-order valence-electron chi connectivity index (χ0n) is 11.5. The Kier molecular flexibility index (Phi) is 4.72. The van der Waals surface area contributed by atoms with Crippen LogP contribution in [0.15, 0.2) is 16.5 Å². The van der Waals surface area contributed by atoms with Gasteiger partial charge in [0, 0.05) is 0 Å². The molecule has 0 radical (unpaired) electrons. The van der Waals surface area contributed by atoms with Crippen LogP contribution in [0, 0.1) is 0 Å². The highest BCUT2D eigenvalue weighted by Crippen LogP contribution is 2.16. The normalized spacial score (nSPS) is 13.1. The van der Waals surface area contributed by atoms with E-state index < -0.39 is 11.6 Å². The minimum atomic E-state index is -1.12. The van der Waals surface area contributed by atoms with Gasteiger partial charge in [-0.05, 0) is 39.8 Å². The van der Waals surface area contributed by atoms with Crippen molar-refractivity contribution in [2.75, 3.05) is 6.54 Å². The molecule has 0 saturated heterocycles. The number of carbonyl (C=O) groups is 2. The van der Waals surface area contributed by atoms with E-state index in [4.69, 9.17) is 14.3 Å². The van der Waals surface area contributed by atoms with Crippen molar-refractivity contribution in [2.24, 2.45) is 0 Å². The van der Waals surface area contributed by atoms with Crippen LogP contribution in [-0.4, -0.2) is 29.2 Å². The van der Waals surface area contributed by atoms with Gasteiger partial charge < -0.3 is 14.3 Å². The highest BCUT2D eigenvalue weighted by atomic mass is 16.6. The lowest BCUT2D eigenvalue weighted by Gasteiger charge is -2.20. The van der Waals surface area contributed by atoms with E-state index in [1.54, 1.807) is 33.8 Å². The number of ether oxygens (including phenoxy) is 1. The Morgan fingerprint density at radius 2 is 2.05 bits per heavy atom. The topological polar surface area (TPSA) is 88.8 Å². The number of carboxylic acid groups (broad SMARTS) is 1. The second-order valence-corrected chi connectivity index (χ2v) is 5.20. The summed E-state index contributed by atoms with van der Waals surface area (Å²) in [6.07, 6.45) is 0. The minimum absolute atomic E-state index is 0.0293. The zero-order valence-corrected chi connectivity index (χ0v) is 11.5. The molecule has 19 heavy (non-hydrogen) atoms. The van der Waals surface area contributed by atoms with Crippen molar-refractivity contribution in [3.63, 3.8) is 0 Å². The van der Waals surface area contributed by atoms with Crippen molar-refractivity contribution < 1.29 is 23.8 Å². The summed E-state index contributed by atoms with van der Waals surface area (Å²) in [6, 6.07) is 2.67. The Morgan fingerprint density at radius 3 is 2.53 bits per heavy atom. The second kappa shape index (κ2) is 5.88. The summed E-state index contributed by atoms with van der Waals surface area (Å²) >= 11 is 0. The van der Waals surface area contributed by atoms with Crippen LogP contribution in [0.25, 0.3) is 0 Å². The van der Waals surface area contributed by atoms with E-state index in [0.29, 0.717) is 5.76 Å². The molecule has 2 N–H and O–H groups in total. The van der Waals surface area contributed by atoms with E-state index in [1.807, 2.05) is 0 Å². The van der Waals surface area contributed by atoms with Crippen LogP contribution < -0.4 is 5.32 Å². The van der Waals surface area contributed by atoms with E-state index in [-0.39, 0.29) is 24.3 Å². The predicted octanol–water partition coefficient (Wildman–Crippen LogP) is 1.97. The van der Waals surface area contributed by atoms with Crippen molar-refractivity contribution in [3.8, 4) is 0 Å². The Labute approximate surface area is 111 Å². The van der Waals surface area contributed by atoms with E-state index in [0.717, 1.165) is 0 Å². The van der Waals surface area contributed by atoms with Crippen molar-refractivity contribution >= 4 is 11.9 Å². The van der Waals surface area contributed by atoms with Crippen LogP contribution in [0.1, 0.15) is 50.1 Å². The molecule has 0 bridgehead atoms. The number of nitrogens with one attached hydrogen (secondary N) is 1. The van der Waals surface area contributed by atoms with Crippen LogP contribution in [-0.2, 0) is 9.53 Å². The minimum Gasteiger partial charge on any atom is -0.475 e. The van der Waals surface area contributed by atoms with Gasteiger partial charge >= 0.3 is 11.9 Å². The first-order valence-corrected chi connectivity index (χ1v) is 5.97. The maximum Gasteiger partial charge on any atom is 0.371 e. The molecule has 6 nitrogen and oxygen atoms in total. The van der Waals surface area contributed by atoms with E-state index in [1.165, 1.54) is 6.07 Å². The summed E-state index contributed by atoms with van der Waals surface area (Å²) in [4.78, 5) is 22.2. The number of hydrogen-bond donors (Lipinski definition) is 2. The molecule has 0 aliphatic rings. The molecule has 1 aromatic heterocycles. The van der Waals surface area contributed by atoms with Gasteiger partial charge in [-0.3, -0.25) is 10.1 Å². The Morgan fingerprint density at radius 1 is 1.42 bits per heavy atom. The third-order valence-electron chi connectivity index (χ3n) is 2.24. The Hall–Kier alpha value is -1.82. The summed E-state index contributed by atoms with van der Waals surface area (Å²) in [5.41, 5.74) is -0.525. The lowest BCUT2D eigenvalue weighted by molar-refractivity contribution is -0.153. The number of carbonyl (C=O) groups excluding carboxylic acids is 1. The maximum atomic E-state index is 11.5. The summed E-state index contributed by atoms with van der Waals surface area (Å²) < 4.78 is 10.3. The molecule has 0 aliphatic carbocycles. The first-order valence-electron chi connectivity index (χ1n) is 5.97. The Balaban J connectivity index is 2.48. The van der Waals surface area contributed by atoms with Crippen LogP contribution in [0.5, 0.6) is 0 Å². The first kappa shape index (κ1) is 15.2. The standard InChI is InChI=1S/C13H19NO5/c1-8(9-5-6-10(18-9)12(16)17)14-7-11(15)19-13(2,3)4/h5-6,8,14H,7H2,1-4H3,(H,16,17). The molecule has 106 valence electrons. The third-order valence-corrected chi connectivity index (χ3v) is 2.24. The zero-order chi connectivity index (χ0) is 14.6. The molecule has 1 aromatic rings. The maximum absolute atomic E-state index is 11.5. The van der Waals surface area contributed by atoms with Crippen molar-refractivity contribution in [1.29, 1.82) is 0 Å². The number of aromatic carboxylic acids is 1. The fraction of sp³-hybridized carbons (Fsp3) is 0.538. The van der Waals surface area contributed by atoms with Gasteiger partial charge in [0.2, 0.25) is 5.76 Å². The average Bonchev–Trinajstić information content (AvgIpc) is 2.72. The molecule has 1 atom stereocenters. The molecule has 0 aromatic carbocycles. The number of carboxylic acids is 1. The fourth-order valence-electron chi connectivity index (χ4n) is 1.42. The van der Waals surface area contributed by atoms with Crippen LogP contribution in [0.3, 0.4) is 0 Å². The number of esters is 1. The fourth-order valence-corrected chi connectivity index (χ4v) is 1.42. The van der Waals surface area contributed by atoms with E-state index in [2.05, 4.69) is 5.32 Å². The smallest absolute Gasteiger partial charge is 0.371 e. The molecular weight excluding hydrogens is 250 g/mol. The summed E-state index contributed by atoms with van der Waals surface area (Å²) in [5, 5.41) is 11.6. The molecule has 6 heteroatoms. The van der Waals surface area contributed by atoms with Gasteiger partial charge in [-0.2, -0.15) is 0 Å². The van der Waals surface area contributed by atoms with E-state index in [9.17, 15) is 9.59 Å². The van der Waals surface area contributed by atoms with Crippen LogP contribution >= 0.6 is 0 Å². The van der Waals surface area contributed by atoms with Gasteiger partial charge in [0.1, 0.15) is 11.4 Å². The molecular formula is C13H19NO5. The van der Waals surface area contributed by atoms with Gasteiger partial charge in [0.15, 0.2) is 0 Å². The van der Waals surface area contributed by atoms with Gasteiger partial charge in [-0.15, -0.1) is 0 Å². The molecule has 0 amide bonds. The lowest BCUT2D eigenvalue weighted by atomic mass is 10.2. The van der Waals surface area contributed by atoms with Gasteiger partial charge in [0.05, 0.1) is 12.6 Å². The third kappa shape index (κ3) is 5.13. The molecule has 1 heterocycles. The van der Waals surface area contributed by atoms with E-state index >= 15 is 0 Å². The van der Waals surface area contributed by atoms with Crippen molar-refractivity contribution in [3.05, 3.63) is 23.7 Å². The van der Waals surface area contributed by atoms with Gasteiger partial charge in [-0.1, -0.05) is 0 Å². The highest BCUT2D eigenvalue weighted by Gasteiger charge is 2.18. The van der Waals surface area contributed by atoms with Crippen molar-refractivity contribution in [1.82, 2.24) is 5.32 Å². The average molecular weight is 269 g/mol. The van der Waals surface area contributed by atoms with Crippen LogP contribution in [0.4, 0.5) is 0 Å². The summed E-state index contributed by atoms with van der Waals surface area (Å²) in [7, 11) is 0. The monoisotopic (exact) mass is 269 g/mol. The Bertz CT molecular complexity index is 458. The summed E-state index contributed by atoms with van der Waals surface area (Å²) in [5.74, 6) is -1.16. The molecule has 1 unspecified atom stereocenters. The molecule has 0 spiro atoms. The molecule has 0 fully saturated rings. The first-order chi connectivity index (χ1) is 8.69. The number of hydrogen-bond acceptors (Lipinski definition) is 5. The van der Waals surface area contributed by atoms with Gasteiger partial charge in [-0.25, -0.2) is 4.79 Å². The largest absolute Gasteiger partial charge is 0.475 e. The van der Waals surface area contributed by atoms with Crippen molar-refractivity contribution in [2.45, 2.75) is 39.3 Å². The van der Waals surface area contributed by atoms with Gasteiger partial charge in [0.25, 0.3) is 0 Å². The lowest BCUT2D eigenvalue weighted by Crippen LogP contribution is -2.32. The molecule has 0 saturated carbocycles. The number of furan rings is 1.